The molecule has 0 amide bonds. The van der Waals surface area contributed by atoms with Crippen LogP contribution < -0.4 is 10.9 Å². The molecule has 0 saturated carbocycles. The fourth-order valence-electron chi connectivity index (χ4n) is 4.58. The molecule has 1 saturated heterocycles. The Balaban J connectivity index is 1.53. The number of fused-ring (bicyclic) bond motifs is 4. The average Bonchev–Trinajstić information content (AvgIpc) is 3.18. The van der Waals surface area contributed by atoms with Gasteiger partial charge in [0.1, 0.15) is 11.9 Å². The smallest absolute Gasteiger partial charge is 0.265 e. The largest absolute Gasteiger partial charge is 0.374 e. The summed E-state index contributed by atoms with van der Waals surface area (Å²) in [6.45, 7) is 4.93. The van der Waals surface area contributed by atoms with Gasteiger partial charge in [0.05, 0.1) is 10.9 Å². The first kappa shape index (κ1) is 19.2. The lowest BCUT2D eigenvalue weighted by molar-refractivity contribution is 0.132. The number of benzene rings is 2. The van der Waals surface area contributed by atoms with E-state index in [-0.39, 0.29) is 5.56 Å². The average molecular weight is 402 g/mol. The van der Waals surface area contributed by atoms with Gasteiger partial charge in [-0.1, -0.05) is 30.3 Å². The Bertz CT molecular complexity index is 1280. The first-order valence-electron chi connectivity index (χ1n) is 10.6. The second-order valence-electron chi connectivity index (χ2n) is 8.14. The van der Waals surface area contributed by atoms with E-state index in [1.54, 1.807) is 12.3 Å². The molecule has 3 heterocycles. The predicted octanol–water partition coefficient (Wildman–Crippen LogP) is 3.07. The molecule has 2 aromatic carbocycles. The van der Waals surface area contributed by atoms with Crippen molar-refractivity contribution in [3.63, 3.8) is 0 Å². The highest BCUT2D eigenvalue weighted by Gasteiger charge is 2.20. The van der Waals surface area contributed by atoms with Gasteiger partial charge in [0.2, 0.25) is 0 Å². The standard InChI is InChI=1S/C24H26N4O2/c1-16-6-4-13-27(16)15-12-25-23(29)20-9-5-14-28-22(20)26-21-18-8-3-2-7-17(18)10-11-19(21)24(28)30/h2-3,5,7-11,14,16,23,25,29H,4,6,12-13,15H2,1H3/t16-,23?/m0/s1. The van der Waals surface area contributed by atoms with Crippen LogP contribution in [0.3, 0.4) is 0 Å². The number of hydrogen-bond donors (Lipinski definition) is 2. The molecule has 2 N–H and O–H groups in total. The molecule has 1 unspecified atom stereocenters. The van der Waals surface area contributed by atoms with Gasteiger partial charge in [-0.25, -0.2) is 4.98 Å². The fraction of sp³-hybridized carbons (Fsp3) is 0.333. The maximum absolute atomic E-state index is 13.1. The highest BCUT2D eigenvalue weighted by atomic mass is 16.3. The third kappa shape index (κ3) is 3.27. The van der Waals surface area contributed by atoms with E-state index in [4.69, 9.17) is 4.98 Å². The van der Waals surface area contributed by atoms with Gasteiger partial charge in [0.25, 0.3) is 5.56 Å². The number of aliphatic hydroxyl groups is 1. The summed E-state index contributed by atoms with van der Waals surface area (Å²) in [5, 5.41) is 16.6. The Morgan fingerprint density at radius 1 is 1.17 bits per heavy atom. The van der Waals surface area contributed by atoms with Crippen molar-refractivity contribution in [1.29, 1.82) is 0 Å². The summed E-state index contributed by atoms with van der Waals surface area (Å²) in [6, 6.07) is 15.9. The lowest BCUT2D eigenvalue weighted by atomic mass is 10.1. The fourth-order valence-corrected chi connectivity index (χ4v) is 4.58. The zero-order chi connectivity index (χ0) is 20.7. The highest BCUT2D eigenvalue weighted by molar-refractivity contribution is 6.05. The van der Waals surface area contributed by atoms with Gasteiger partial charge in [-0.2, -0.15) is 0 Å². The molecule has 0 spiro atoms. The number of aromatic nitrogens is 2. The van der Waals surface area contributed by atoms with E-state index in [0.29, 0.717) is 34.7 Å². The van der Waals surface area contributed by atoms with E-state index < -0.39 is 6.23 Å². The van der Waals surface area contributed by atoms with Gasteiger partial charge in [-0.3, -0.25) is 19.4 Å². The molecule has 1 aliphatic heterocycles. The van der Waals surface area contributed by atoms with Gasteiger partial charge in [0.15, 0.2) is 0 Å². The van der Waals surface area contributed by atoms with E-state index in [1.165, 1.54) is 17.2 Å². The molecule has 0 bridgehead atoms. The molecule has 1 aliphatic rings. The van der Waals surface area contributed by atoms with Crippen LogP contribution in [-0.2, 0) is 0 Å². The van der Waals surface area contributed by atoms with Gasteiger partial charge in [-0.05, 0) is 49.9 Å². The molecule has 0 radical (unpaired) electrons. The van der Waals surface area contributed by atoms with Crippen LogP contribution in [0.1, 0.15) is 31.6 Å². The van der Waals surface area contributed by atoms with Crippen molar-refractivity contribution in [2.75, 3.05) is 19.6 Å². The van der Waals surface area contributed by atoms with E-state index in [0.717, 1.165) is 23.9 Å². The van der Waals surface area contributed by atoms with Crippen LogP contribution in [0, 0.1) is 0 Å². The number of nitrogens with one attached hydrogen (secondary N) is 1. The normalized spacial score (nSPS) is 18.5. The molecular formula is C24H26N4O2. The zero-order valence-electron chi connectivity index (χ0n) is 17.1. The SMILES string of the molecule is C[C@H]1CCCN1CCNC(O)c1cccn2c(=O)c3ccc4ccccc4c3nc12. The molecule has 5 rings (SSSR count). The molecule has 30 heavy (non-hydrogen) atoms. The first-order valence-corrected chi connectivity index (χ1v) is 10.6. The van der Waals surface area contributed by atoms with Crippen LogP contribution in [-0.4, -0.2) is 45.1 Å². The summed E-state index contributed by atoms with van der Waals surface area (Å²) < 4.78 is 1.53. The van der Waals surface area contributed by atoms with E-state index in [2.05, 4.69) is 17.1 Å². The lowest BCUT2D eigenvalue weighted by Gasteiger charge is -2.22. The molecule has 0 aliphatic carbocycles. The predicted molar refractivity (Wildman–Crippen MR) is 120 cm³/mol. The minimum absolute atomic E-state index is 0.124. The monoisotopic (exact) mass is 402 g/mol. The number of nitrogens with zero attached hydrogens (tertiary/aromatic N) is 3. The highest BCUT2D eigenvalue weighted by Crippen LogP contribution is 2.24. The summed E-state index contributed by atoms with van der Waals surface area (Å²) in [6.07, 6.45) is 3.29. The summed E-state index contributed by atoms with van der Waals surface area (Å²) in [5.74, 6) is 0. The van der Waals surface area contributed by atoms with Gasteiger partial charge in [0, 0.05) is 36.3 Å². The van der Waals surface area contributed by atoms with Crippen LogP contribution in [0.4, 0.5) is 0 Å². The quantitative estimate of drug-likeness (QED) is 0.305. The zero-order valence-corrected chi connectivity index (χ0v) is 17.1. The lowest BCUT2D eigenvalue weighted by Crippen LogP contribution is -2.35. The Morgan fingerprint density at radius 2 is 2.03 bits per heavy atom. The van der Waals surface area contributed by atoms with Gasteiger partial charge < -0.3 is 5.11 Å². The van der Waals surface area contributed by atoms with Crippen molar-refractivity contribution in [3.05, 3.63) is 70.6 Å². The van der Waals surface area contributed by atoms with Gasteiger partial charge in [-0.15, -0.1) is 0 Å². The summed E-state index contributed by atoms with van der Waals surface area (Å²) in [7, 11) is 0. The van der Waals surface area contributed by atoms with E-state index >= 15 is 0 Å². The van der Waals surface area contributed by atoms with E-state index in [9.17, 15) is 9.90 Å². The molecule has 4 aromatic rings. The Kier molecular flexibility index (Phi) is 4.98. The Labute approximate surface area is 174 Å². The van der Waals surface area contributed by atoms with Crippen LogP contribution in [0.5, 0.6) is 0 Å². The molecule has 154 valence electrons. The number of rotatable bonds is 5. The number of hydrogen-bond acceptors (Lipinski definition) is 5. The van der Waals surface area contributed by atoms with Gasteiger partial charge >= 0.3 is 0 Å². The minimum Gasteiger partial charge on any atom is -0.374 e. The molecule has 6 nitrogen and oxygen atoms in total. The third-order valence-electron chi connectivity index (χ3n) is 6.29. The second kappa shape index (κ2) is 7.80. The second-order valence-corrected chi connectivity index (χ2v) is 8.14. The summed E-state index contributed by atoms with van der Waals surface area (Å²) >= 11 is 0. The van der Waals surface area contributed by atoms with E-state index in [1.807, 2.05) is 42.5 Å². The van der Waals surface area contributed by atoms with Crippen molar-refractivity contribution < 1.29 is 5.11 Å². The minimum atomic E-state index is -0.890. The molecular weight excluding hydrogens is 376 g/mol. The third-order valence-corrected chi connectivity index (χ3v) is 6.29. The van der Waals surface area contributed by atoms with Crippen LogP contribution in [0.25, 0.3) is 27.3 Å². The van der Waals surface area contributed by atoms with Crippen molar-refractivity contribution >= 4 is 27.3 Å². The van der Waals surface area contributed by atoms with Crippen LogP contribution in [0.15, 0.2) is 59.5 Å². The number of pyridine rings is 1. The Hall–Kier alpha value is -2.80. The van der Waals surface area contributed by atoms with Crippen molar-refractivity contribution in [2.24, 2.45) is 0 Å². The molecule has 1 fully saturated rings. The molecule has 6 heteroatoms. The summed E-state index contributed by atoms with van der Waals surface area (Å²) in [5.41, 5.74) is 1.64. The van der Waals surface area contributed by atoms with Crippen molar-refractivity contribution in [2.45, 2.75) is 32.0 Å². The van der Waals surface area contributed by atoms with Crippen molar-refractivity contribution in [3.8, 4) is 0 Å². The maximum atomic E-state index is 13.1. The Morgan fingerprint density at radius 3 is 2.87 bits per heavy atom. The summed E-state index contributed by atoms with van der Waals surface area (Å²) in [4.78, 5) is 20.4. The molecule has 2 atom stereocenters. The van der Waals surface area contributed by atoms with Crippen LogP contribution in [0.2, 0.25) is 0 Å². The number of aliphatic hydroxyl groups excluding tert-OH is 1. The first-order chi connectivity index (χ1) is 14.6. The number of likely N-dealkylation sites (tertiary alicyclic amines) is 1. The van der Waals surface area contributed by atoms with Crippen molar-refractivity contribution in [1.82, 2.24) is 19.6 Å². The van der Waals surface area contributed by atoms with Crippen LogP contribution >= 0.6 is 0 Å². The topological polar surface area (TPSA) is 69.9 Å². The maximum Gasteiger partial charge on any atom is 0.265 e. The molecule has 2 aromatic heterocycles.